The number of nitrogens with zero attached hydrogens (tertiary/aromatic N) is 1. The molecule has 39 heavy (non-hydrogen) atoms. The number of carbonyl (C=O) groups is 1. The Morgan fingerprint density at radius 3 is 2.59 bits per heavy atom. The summed E-state index contributed by atoms with van der Waals surface area (Å²) in [5.74, 6) is -0.0784. The van der Waals surface area contributed by atoms with Gasteiger partial charge in [0.05, 0.1) is 17.5 Å². The third-order valence-electron chi connectivity index (χ3n) is 7.85. The summed E-state index contributed by atoms with van der Waals surface area (Å²) in [6.07, 6.45) is 0. The monoisotopic (exact) mass is 587 g/mol. The highest BCUT2D eigenvalue weighted by Crippen LogP contribution is 2.51. The van der Waals surface area contributed by atoms with Gasteiger partial charge in [-0.05, 0) is 63.0 Å². The van der Waals surface area contributed by atoms with E-state index in [2.05, 4.69) is 44.8 Å². The zero-order valence-corrected chi connectivity index (χ0v) is 22.9. The molecule has 0 aromatic heterocycles. The summed E-state index contributed by atoms with van der Waals surface area (Å²) < 4.78 is 12.6. The Balaban J connectivity index is 1.37. The van der Waals surface area contributed by atoms with Crippen LogP contribution < -0.4 is 20.1 Å². The van der Waals surface area contributed by atoms with E-state index < -0.39 is 23.4 Å². The van der Waals surface area contributed by atoms with Gasteiger partial charge in [-0.2, -0.15) is 0 Å². The maximum atomic E-state index is 13.3. The van der Waals surface area contributed by atoms with Gasteiger partial charge < -0.3 is 14.8 Å². The molecule has 1 amide bonds. The van der Waals surface area contributed by atoms with E-state index in [0.717, 1.165) is 16.3 Å². The normalized spacial score (nSPS) is 23.6. The number of ether oxygens (including phenoxy) is 2. The number of amides is 1. The van der Waals surface area contributed by atoms with Crippen LogP contribution in [0.1, 0.15) is 29.5 Å². The fraction of sp³-hybridized carbons (Fsp3) is 0.233. The lowest BCUT2D eigenvalue weighted by Gasteiger charge is -2.25. The summed E-state index contributed by atoms with van der Waals surface area (Å²) >= 11 is 3.62. The highest BCUT2D eigenvalue weighted by atomic mass is 79.9. The van der Waals surface area contributed by atoms with Gasteiger partial charge in [0.1, 0.15) is 6.61 Å². The fourth-order valence-electron chi connectivity index (χ4n) is 6.19. The molecule has 1 fully saturated rings. The molecule has 2 N–H and O–H groups in total. The molecule has 4 aromatic rings. The van der Waals surface area contributed by atoms with E-state index >= 15 is 0 Å². The summed E-state index contributed by atoms with van der Waals surface area (Å²) in [6, 6.07) is 23.3. The second-order valence-electron chi connectivity index (χ2n) is 9.96. The third-order valence-corrected chi connectivity index (χ3v) is 8.44. The zero-order chi connectivity index (χ0) is 27.3. The van der Waals surface area contributed by atoms with Gasteiger partial charge in [-0.3, -0.25) is 20.2 Å². The zero-order valence-electron chi connectivity index (χ0n) is 21.3. The molecule has 0 aliphatic carbocycles. The Morgan fingerprint density at radius 1 is 1.05 bits per heavy atom. The minimum Gasteiger partial charge on any atom is -0.493 e. The first-order valence-electron chi connectivity index (χ1n) is 12.6. The van der Waals surface area contributed by atoms with Crippen LogP contribution in [-0.4, -0.2) is 30.0 Å². The van der Waals surface area contributed by atoms with Gasteiger partial charge in [0.15, 0.2) is 17.0 Å². The summed E-state index contributed by atoms with van der Waals surface area (Å²) in [5.41, 5.74) is 1.40. The van der Waals surface area contributed by atoms with Crippen molar-refractivity contribution in [1.29, 1.82) is 0 Å². The van der Waals surface area contributed by atoms with Gasteiger partial charge in [-0.15, -0.1) is 0 Å². The van der Waals surface area contributed by atoms with Gasteiger partial charge in [-0.1, -0.05) is 60.7 Å². The predicted molar refractivity (Wildman–Crippen MR) is 152 cm³/mol. The Hall–Kier alpha value is -3.95. The molecule has 0 bridgehead atoms. The van der Waals surface area contributed by atoms with Crippen LogP contribution in [-0.2, 0) is 16.9 Å². The number of anilines is 1. The van der Waals surface area contributed by atoms with Gasteiger partial charge in [-0.25, -0.2) is 0 Å². The number of hydrogen-bond donors (Lipinski definition) is 2. The van der Waals surface area contributed by atoms with Crippen molar-refractivity contribution < 1.29 is 19.2 Å². The number of nitro groups is 1. The quantitative estimate of drug-likeness (QED) is 0.220. The molecule has 6 rings (SSSR count). The summed E-state index contributed by atoms with van der Waals surface area (Å²) in [6.45, 7) is 2.18. The van der Waals surface area contributed by atoms with E-state index in [1.165, 1.54) is 0 Å². The summed E-state index contributed by atoms with van der Waals surface area (Å²) in [4.78, 5) is 25.6. The minimum absolute atomic E-state index is 0.314. The van der Waals surface area contributed by atoms with Crippen molar-refractivity contribution in [3.05, 3.63) is 110 Å². The van der Waals surface area contributed by atoms with Gasteiger partial charge >= 0.3 is 0 Å². The highest BCUT2D eigenvalue weighted by Gasteiger charge is 2.67. The van der Waals surface area contributed by atoms with Crippen LogP contribution in [0.5, 0.6) is 11.5 Å². The summed E-state index contributed by atoms with van der Waals surface area (Å²) in [7, 11) is 1.54. The average Bonchev–Trinajstić information content (AvgIpc) is 3.40. The number of rotatable bonds is 6. The first-order chi connectivity index (χ1) is 18.8. The van der Waals surface area contributed by atoms with Crippen LogP contribution in [0, 0.1) is 10.1 Å². The standard InChI is InChI=1S/C30H26BrN3O5/c1-17-26(28(34(36)37)30(33-17)22-12-5-6-13-24(22)32-29(30)35)20-14-23(31)27(25(15-20)38-2)39-16-19-10-7-9-18-8-3-4-11-21(18)19/h3-15,17,26,28,33H,16H2,1-2H3,(H,32,35)/t17-,26-,28-,30+/m0/s1. The number of methoxy groups -OCH3 is 1. The van der Waals surface area contributed by atoms with Crippen molar-refractivity contribution in [2.45, 2.75) is 37.1 Å². The topological polar surface area (TPSA) is 103 Å². The number of fused-ring (bicyclic) bond motifs is 3. The van der Waals surface area contributed by atoms with Crippen molar-refractivity contribution in [3.8, 4) is 11.5 Å². The molecule has 2 aliphatic rings. The molecule has 9 heteroatoms. The van der Waals surface area contributed by atoms with E-state index in [0.29, 0.717) is 39.4 Å². The first-order valence-corrected chi connectivity index (χ1v) is 13.4. The van der Waals surface area contributed by atoms with Gasteiger partial charge in [0.2, 0.25) is 0 Å². The molecule has 1 spiro atoms. The molecule has 2 aliphatic heterocycles. The van der Waals surface area contributed by atoms with E-state index in [4.69, 9.17) is 9.47 Å². The van der Waals surface area contributed by atoms with E-state index in [9.17, 15) is 14.9 Å². The van der Waals surface area contributed by atoms with Crippen molar-refractivity contribution >= 4 is 38.3 Å². The third kappa shape index (κ3) is 3.95. The lowest BCUT2D eigenvalue weighted by molar-refractivity contribution is -0.532. The van der Waals surface area contributed by atoms with E-state index in [1.54, 1.807) is 37.4 Å². The molecule has 4 aromatic carbocycles. The van der Waals surface area contributed by atoms with Crippen molar-refractivity contribution in [2.75, 3.05) is 12.4 Å². The van der Waals surface area contributed by atoms with Crippen LogP contribution in [0.2, 0.25) is 0 Å². The molecule has 0 unspecified atom stereocenters. The number of hydrogen-bond acceptors (Lipinski definition) is 6. The predicted octanol–water partition coefficient (Wildman–Crippen LogP) is 5.76. The summed E-state index contributed by atoms with van der Waals surface area (Å²) in [5, 5.41) is 21.0. The second kappa shape index (κ2) is 9.66. The molecule has 1 saturated heterocycles. The average molecular weight is 588 g/mol. The number of para-hydroxylation sites is 1. The highest BCUT2D eigenvalue weighted by molar-refractivity contribution is 9.10. The molecule has 0 radical (unpaired) electrons. The number of nitrogens with one attached hydrogen (secondary N) is 2. The molecule has 2 heterocycles. The van der Waals surface area contributed by atoms with Gasteiger partial charge in [0.25, 0.3) is 11.9 Å². The largest absolute Gasteiger partial charge is 0.493 e. The molecular formula is C30H26BrN3O5. The second-order valence-corrected chi connectivity index (χ2v) is 10.8. The van der Waals surface area contributed by atoms with Crippen LogP contribution in [0.3, 0.4) is 0 Å². The van der Waals surface area contributed by atoms with Crippen molar-refractivity contribution in [3.63, 3.8) is 0 Å². The SMILES string of the molecule is COc1cc([C@@H]2[C@H](C)N[C@@]3(C(=O)Nc4ccccc43)[C@H]2[N+](=O)[O-])cc(Br)c1OCc1cccc2ccccc12. The van der Waals surface area contributed by atoms with Crippen LogP contribution in [0.15, 0.2) is 83.3 Å². The minimum atomic E-state index is -1.48. The van der Waals surface area contributed by atoms with Crippen LogP contribution in [0.25, 0.3) is 10.8 Å². The van der Waals surface area contributed by atoms with E-state index in [1.807, 2.05) is 37.3 Å². The smallest absolute Gasteiger partial charge is 0.256 e. The maximum absolute atomic E-state index is 13.3. The Bertz CT molecular complexity index is 1620. The molecule has 4 atom stereocenters. The maximum Gasteiger partial charge on any atom is 0.256 e. The van der Waals surface area contributed by atoms with Gasteiger partial charge in [0, 0.05) is 22.2 Å². The first kappa shape index (κ1) is 25.3. The van der Waals surface area contributed by atoms with Crippen molar-refractivity contribution in [1.82, 2.24) is 5.32 Å². The molecular weight excluding hydrogens is 562 g/mol. The molecule has 8 nitrogen and oxygen atoms in total. The number of carbonyl (C=O) groups excluding carboxylic acids is 1. The lowest BCUT2D eigenvalue weighted by atomic mass is 9.78. The Kier molecular flexibility index (Phi) is 6.28. The number of halogens is 1. The Morgan fingerprint density at radius 2 is 1.79 bits per heavy atom. The Labute approximate surface area is 233 Å². The van der Waals surface area contributed by atoms with Crippen LogP contribution in [0.4, 0.5) is 5.69 Å². The molecule has 198 valence electrons. The fourth-order valence-corrected chi connectivity index (χ4v) is 6.77. The van der Waals surface area contributed by atoms with Crippen molar-refractivity contribution in [2.24, 2.45) is 0 Å². The molecule has 0 saturated carbocycles. The van der Waals surface area contributed by atoms with Crippen LogP contribution >= 0.6 is 15.9 Å². The number of benzene rings is 4. The lowest BCUT2D eigenvalue weighted by Crippen LogP contribution is -2.54. The van der Waals surface area contributed by atoms with E-state index in [-0.39, 0.29) is 11.0 Å².